The molecule has 2 rings (SSSR count). The molecule has 0 N–H and O–H groups in total. The van der Waals surface area contributed by atoms with Crippen LogP contribution in [0.3, 0.4) is 0 Å². The molecule has 1 atom stereocenters. The number of hydrogen-bond donors (Lipinski definition) is 0. The van der Waals surface area contributed by atoms with Crippen LogP contribution in [0.1, 0.15) is 43.0 Å². The van der Waals surface area contributed by atoms with Gasteiger partial charge in [0.15, 0.2) is 0 Å². The maximum Gasteiger partial charge on any atom is 0.255 e. The van der Waals surface area contributed by atoms with Gasteiger partial charge in [-0.3, -0.25) is 9.78 Å². The van der Waals surface area contributed by atoms with Gasteiger partial charge in [-0.1, -0.05) is 6.92 Å². The Kier molecular flexibility index (Phi) is 5.98. The lowest BCUT2D eigenvalue weighted by atomic mass is 10.1. The standard InChI is InChI=1S/C15H21BrN2O2/c1-2-6-18(11-14-5-3-4-7-20-14)15(19)12-8-13(16)10-17-9-12/h8-10,14H,2-7,11H2,1H3. The molecule has 0 aliphatic carbocycles. The minimum Gasteiger partial charge on any atom is -0.376 e. The second-order valence-corrected chi connectivity index (χ2v) is 6.05. The minimum absolute atomic E-state index is 0.0369. The average Bonchev–Trinajstić information content (AvgIpc) is 2.47. The zero-order valence-corrected chi connectivity index (χ0v) is 13.4. The van der Waals surface area contributed by atoms with Gasteiger partial charge < -0.3 is 9.64 Å². The molecule has 1 aliphatic rings. The molecule has 1 saturated heterocycles. The van der Waals surface area contributed by atoms with E-state index in [0.717, 1.165) is 36.9 Å². The number of hydrogen-bond acceptors (Lipinski definition) is 3. The van der Waals surface area contributed by atoms with Crippen LogP contribution in [-0.4, -0.2) is 41.6 Å². The molecule has 0 aromatic carbocycles. The van der Waals surface area contributed by atoms with Crippen molar-refractivity contribution >= 4 is 21.8 Å². The smallest absolute Gasteiger partial charge is 0.255 e. The Morgan fingerprint density at radius 3 is 3.00 bits per heavy atom. The van der Waals surface area contributed by atoms with E-state index in [-0.39, 0.29) is 12.0 Å². The highest BCUT2D eigenvalue weighted by Crippen LogP contribution is 2.17. The van der Waals surface area contributed by atoms with Crippen LogP contribution in [0.2, 0.25) is 0 Å². The van der Waals surface area contributed by atoms with E-state index in [1.54, 1.807) is 12.4 Å². The lowest BCUT2D eigenvalue weighted by molar-refractivity contribution is -0.00384. The predicted octanol–water partition coefficient (Wildman–Crippen LogP) is 3.27. The summed E-state index contributed by atoms with van der Waals surface area (Å²) in [6.45, 7) is 4.34. The lowest BCUT2D eigenvalue weighted by Gasteiger charge is -2.29. The first-order chi connectivity index (χ1) is 9.70. The third kappa shape index (κ3) is 4.28. The largest absolute Gasteiger partial charge is 0.376 e. The molecule has 0 bridgehead atoms. The van der Waals surface area contributed by atoms with E-state index < -0.39 is 0 Å². The molecule has 1 fully saturated rings. The summed E-state index contributed by atoms with van der Waals surface area (Å²) in [6, 6.07) is 1.82. The van der Waals surface area contributed by atoms with Gasteiger partial charge in [-0.05, 0) is 47.7 Å². The molecular weight excluding hydrogens is 320 g/mol. The molecule has 1 amide bonds. The Morgan fingerprint density at radius 2 is 2.35 bits per heavy atom. The van der Waals surface area contributed by atoms with Gasteiger partial charge in [0.2, 0.25) is 0 Å². The van der Waals surface area contributed by atoms with Crippen molar-refractivity contribution in [3.8, 4) is 0 Å². The zero-order chi connectivity index (χ0) is 14.4. The van der Waals surface area contributed by atoms with Crippen molar-refractivity contribution < 1.29 is 9.53 Å². The van der Waals surface area contributed by atoms with E-state index >= 15 is 0 Å². The molecule has 1 aromatic rings. The molecule has 1 aromatic heterocycles. The molecule has 0 radical (unpaired) electrons. The fourth-order valence-corrected chi connectivity index (χ4v) is 2.82. The number of amides is 1. The molecule has 4 nitrogen and oxygen atoms in total. The Labute approximate surface area is 128 Å². The van der Waals surface area contributed by atoms with Gasteiger partial charge in [0, 0.05) is 36.6 Å². The van der Waals surface area contributed by atoms with Crippen LogP contribution in [0.25, 0.3) is 0 Å². The highest BCUT2D eigenvalue weighted by atomic mass is 79.9. The van der Waals surface area contributed by atoms with Gasteiger partial charge >= 0.3 is 0 Å². The van der Waals surface area contributed by atoms with Crippen molar-refractivity contribution in [1.29, 1.82) is 0 Å². The molecule has 1 aliphatic heterocycles. The second-order valence-electron chi connectivity index (χ2n) is 5.13. The van der Waals surface area contributed by atoms with Gasteiger partial charge in [-0.2, -0.15) is 0 Å². The van der Waals surface area contributed by atoms with Crippen molar-refractivity contribution in [3.63, 3.8) is 0 Å². The third-order valence-corrected chi connectivity index (χ3v) is 3.86. The first-order valence-corrected chi connectivity index (χ1v) is 8.01. The Morgan fingerprint density at radius 1 is 1.50 bits per heavy atom. The molecule has 0 spiro atoms. The summed E-state index contributed by atoms with van der Waals surface area (Å²) in [7, 11) is 0. The summed E-state index contributed by atoms with van der Waals surface area (Å²) >= 11 is 3.36. The van der Waals surface area contributed by atoms with Crippen LogP contribution in [0.4, 0.5) is 0 Å². The summed E-state index contributed by atoms with van der Waals surface area (Å²) in [5.41, 5.74) is 0.628. The van der Waals surface area contributed by atoms with E-state index in [9.17, 15) is 4.79 Å². The Balaban J connectivity index is 2.04. The van der Waals surface area contributed by atoms with Crippen molar-refractivity contribution in [3.05, 3.63) is 28.5 Å². The molecular formula is C15H21BrN2O2. The quantitative estimate of drug-likeness (QED) is 0.826. The highest BCUT2D eigenvalue weighted by Gasteiger charge is 2.22. The zero-order valence-electron chi connectivity index (χ0n) is 11.8. The fourth-order valence-electron chi connectivity index (χ4n) is 2.45. The van der Waals surface area contributed by atoms with Crippen LogP contribution in [0.5, 0.6) is 0 Å². The number of rotatable bonds is 5. The van der Waals surface area contributed by atoms with Crippen molar-refractivity contribution in [2.24, 2.45) is 0 Å². The van der Waals surface area contributed by atoms with Crippen molar-refractivity contribution in [2.45, 2.75) is 38.7 Å². The SMILES string of the molecule is CCCN(CC1CCCCO1)C(=O)c1cncc(Br)c1. The Bertz CT molecular complexity index is 447. The maximum absolute atomic E-state index is 12.6. The number of ether oxygens (including phenoxy) is 1. The number of pyridine rings is 1. The topological polar surface area (TPSA) is 42.4 Å². The number of carbonyl (C=O) groups excluding carboxylic acids is 1. The van der Waals surface area contributed by atoms with E-state index in [2.05, 4.69) is 27.8 Å². The van der Waals surface area contributed by atoms with Crippen molar-refractivity contribution in [1.82, 2.24) is 9.88 Å². The normalized spacial score (nSPS) is 18.8. The number of nitrogens with zero attached hydrogens (tertiary/aromatic N) is 2. The third-order valence-electron chi connectivity index (χ3n) is 3.43. The monoisotopic (exact) mass is 340 g/mol. The number of carbonyl (C=O) groups is 1. The lowest BCUT2D eigenvalue weighted by Crippen LogP contribution is -2.40. The molecule has 5 heteroatoms. The van der Waals surface area contributed by atoms with Crippen LogP contribution < -0.4 is 0 Å². The predicted molar refractivity (Wildman–Crippen MR) is 81.7 cm³/mol. The van der Waals surface area contributed by atoms with E-state index in [1.165, 1.54) is 6.42 Å². The maximum atomic E-state index is 12.6. The highest BCUT2D eigenvalue weighted by molar-refractivity contribution is 9.10. The van der Waals surface area contributed by atoms with Gasteiger partial charge in [-0.25, -0.2) is 0 Å². The van der Waals surface area contributed by atoms with Crippen LogP contribution in [-0.2, 0) is 4.74 Å². The molecule has 1 unspecified atom stereocenters. The minimum atomic E-state index is 0.0369. The van der Waals surface area contributed by atoms with Gasteiger partial charge in [-0.15, -0.1) is 0 Å². The summed E-state index contributed by atoms with van der Waals surface area (Å²) in [5.74, 6) is 0.0369. The summed E-state index contributed by atoms with van der Waals surface area (Å²) < 4.78 is 6.57. The average molecular weight is 341 g/mol. The summed E-state index contributed by atoms with van der Waals surface area (Å²) in [4.78, 5) is 18.5. The van der Waals surface area contributed by atoms with E-state index in [4.69, 9.17) is 4.74 Å². The first kappa shape index (κ1) is 15.4. The van der Waals surface area contributed by atoms with Crippen molar-refractivity contribution in [2.75, 3.05) is 19.7 Å². The molecule has 110 valence electrons. The van der Waals surface area contributed by atoms with Crippen LogP contribution in [0, 0.1) is 0 Å². The first-order valence-electron chi connectivity index (χ1n) is 7.22. The van der Waals surface area contributed by atoms with Gasteiger partial charge in [0.1, 0.15) is 0 Å². The fraction of sp³-hybridized carbons (Fsp3) is 0.600. The van der Waals surface area contributed by atoms with Gasteiger partial charge in [0.05, 0.1) is 11.7 Å². The number of aromatic nitrogens is 1. The molecule has 2 heterocycles. The van der Waals surface area contributed by atoms with Gasteiger partial charge in [0.25, 0.3) is 5.91 Å². The molecule has 0 saturated carbocycles. The second kappa shape index (κ2) is 7.74. The number of halogens is 1. The Hall–Kier alpha value is -0.940. The van der Waals surface area contributed by atoms with E-state index in [0.29, 0.717) is 12.1 Å². The summed E-state index contributed by atoms with van der Waals surface area (Å²) in [6.07, 6.45) is 7.80. The van der Waals surface area contributed by atoms with Crippen LogP contribution >= 0.6 is 15.9 Å². The van der Waals surface area contributed by atoms with Crippen LogP contribution in [0.15, 0.2) is 22.9 Å². The van der Waals surface area contributed by atoms with E-state index in [1.807, 2.05) is 11.0 Å². The molecule has 20 heavy (non-hydrogen) atoms. The summed E-state index contributed by atoms with van der Waals surface area (Å²) in [5, 5.41) is 0.